The minimum absolute atomic E-state index is 1.11. The van der Waals surface area contributed by atoms with E-state index in [2.05, 4.69) is 241 Å². The standard InChI is InChI=1S/C60H39NS/c1-3-15-43(16-4-1)59-54-23-10-9-21-51(54)52-36-30-45(38-56(52)60(59)44-17-5-2-6-18-44)40-26-31-46(32-27-40)61(48-35-37-58-55(39-48)53-22-11-12-25-57(53)62-58)47-33-28-42(29-34-47)50-24-13-19-41-14-7-8-20-49(41)50/h1-39H. The van der Waals surface area contributed by atoms with Crippen molar-refractivity contribution in [2.24, 2.45) is 0 Å². The molecule has 0 amide bonds. The molecule has 0 radical (unpaired) electrons. The van der Waals surface area contributed by atoms with Crippen LogP contribution in [-0.4, -0.2) is 0 Å². The number of nitrogens with zero attached hydrogens (tertiary/aromatic N) is 1. The van der Waals surface area contributed by atoms with Gasteiger partial charge in [-0.3, -0.25) is 0 Å². The molecule has 290 valence electrons. The van der Waals surface area contributed by atoms with Gasteiger partial charge in [-0.1, -0.05) is 182 Å². The Morgan fingerprint density at radius 2 is 0.774 bits per heavy atom. The smallest absolute Gasteiger partial charge is 0.0468 e. The third-order valence-corrected chi connectivity index (χ3v) is 13.6. The average Bonchev–Trinajstić information content (AvgIpc) is 3.72. The Morgan fingerprint density at radius 3 is 1.50 bits per heavy atom. The molecule has 1 aromatic heterocycles. The molecule has 62 heavy (non-hydrogen) atoms. The van der Waals surface area contributed by atoms with Gasteiger partial charge in [-0.2, -0.15) is 0 Å². The highest BCUT2D eigenvalue weighted by atomic mass is 32.1. The van der Waals surface area contributed by atoms with Crippen molar-refractivity contribution in [1.29, 1.82) is 0 Å². The van der Waals surface area contributed by atoms with E-state index in [1.165, 1.54) is 97.0 Å². The molecule has 0 N–H and O–H groups in total. The van der Waals surface area contributed by atoms with E-state index in [1.807, 2.05) is 11.3 Å². The maximum Gasteiger partial charge on any atom is 0.0468 e. The molecule has 0 aliphatic carbocycles. The molecule has 12 aromatic rings. The average molecular weight is 806 g/mol. The highest BCUT2D eigenvalue weighted by Gasteiger charge is 2.19. The van der Waals surface area contributed by atoms with Crippen LogP contribution < -0.4 is 4.90 Å². The number of benzene rings is 11. The van der Waals surface area contributed by atoms with E-state index in [1.54, 1.807) is 0 Å². The molecule has 1 heterocycles. The van der Waals surface area contributed by atoms with Crippen molar-refractivity contribution in [2.75, 3.05) is 4.90 Å². The van der Waals surface area contributed by atoms with Crippen LogP contribution in [0.4, 0.5) is 17.1 Å². The lowest BCUT2D eigenvalue weighted by Crippen LogP contribution is -2.09. The molecule has 12 rings (SSSR count). The Balaban J connectivity index is 1.00. The summed E-state index contributed by atoms with van der Waals surface area (Å²) >= 11 is 1.86. The van der Waals surface area contributed by atoms with Crippen LogP contribution in [0.25, 0.3) is 97.0 Å². The summed E-state index contributed by atoms with van der Waals surface area (Å²) in [4.78, 5) is 2.40. The number of thiophene rings is 1. The molecule has 0 aliphatic heterocycles. The van der Waals surface area contributed by atoms with Crippen molar-refractivity contribution in [3.63, 3.8) is 0 Å². The summed E-state index contributed by atoms with van der Waals surface area (Å²) in [6.07, 6.45) is 0. The summed E-state index contributed by atoms with van der Waals surface area (Å²) in [5, 5.41) is 10.1. The molecule has 0 saturated heterocycles. The van der Waals surface area contributed by atoms with Crippen LogP contribution in [0.5, 0.6) is 0 Å². The SMILES string of the molecule is c1ccc(-c2c(-c3ccccc3)c3cc(-c4ccc(N(c5ccc(-c6cccc7ccccc67)cc5)c5ccc6sc7ccccc7c6c5)cc4)ccc3c3ccccc23)cc1. The van der Waals surface area contributed by atoms with Crippen molar-refractivity contribution < 1.29 is 0 Å². The van der Waals surface area contributed by atoms with Crippen LogP contribution in [0.15, 0.2) is 237 Å². The van der Waals surface area contributed by atoms with Crippen LogP contribution in [0.1, 0.15) is 0 Å². The van der Waals surface area contributed by atoms with E-state index >= 15 is 0 Å². The highest BCUT2D eigenvalue weighted by molar-refractivity contribution is 7.25. The largest absolute Gasteiger partial charge is 0.310 e. The zero-order valence-corrected chi connectivity index (χ0v) is 34.7. The summed E-state index contributed by atoms with van der Waals surface area (Å²) in [7, 11) is 0. The first-order valence-electron chi connectivity index (χ1n) is 21.2. The second-order valence-electron chi connectivity index (χ2n) is 16.0. The lowest BCUT2D eigenvalue weighted by atomic mass is 9.84. The number of hydrogen-bond acceptors (Lipinski definition) is 2. The van der Waals surface area contributed by atoms with Gasteiger partial charge >= 0.3 is 0 Å². The minimum atomic E-state index is 1.11. The fourth-order valence-electron chi connectivity index (χ4n) is 9.55. The van der Waals surface area contributed by atoms with Crippen molar-refractivity contribution in [3.8, 4) is 44.5 Å². The van der Waals surface area contributed by atoms with E-state index in [0.29, 0.717) is 0 Å². The number of anilines is 3. The van der Waals surface area contributed by atoms with Gasteiger partial charge in [0.15, 0.2) is 0 Å². The predicted octanol–water partition coefficient (Wildman–Crippen LogP) is 17.7. The quantitative estimate of drug-likeness (QED) is 0.145. The predicted molar refractivity (Wildman–Crippen MR) is 268 cm³/mol. The Kier molecular flexibility index (Phi) is 8.76. The Morgan fingerprint density at radius 1 is 0.258 bits per heavy atom. The first-order valence-corrected chi connectivity index (χ1v) is 22.1. The van der Waals surface area contributed by atoms with Crippen molar-refractivity contribution in [2.45, 2.75) is 0 Å². The Bertz CT molecular complexity index is 3600. The number of rotatable bonds is 7. The zero-order chi connectivity index (χ0) is 41.0. The van der Waals surface area contributed by atoms with Gasteiger partial charge < -0.3 is 4.90 Å². The molecule has 0 atom stereocenters. The molecule has 0 saturated carbocycles. The summed E-state index contributed by atoms with van der Waals surface area (Å²) in [5.41, 5.74) is 13.1. The van der Waals surface area contributed by atoms with Crippen LogP contribution in [0, 0.1) is 0 Å². The van der Waals surface area contributed by atoms with E-state index in [-0.39, 0.29) is 0 Å². The lowest BCUT2D eigenvalue weighted by Gasteiger charge is -2.26. The molecule has 0 bridgehead atoms. The number of fused-ring (bicyclic) bond motifs is 7. The molecule has 2 heteroatoms. The third kappa shape index (κ3) is 6.15. The van der Waals surface area contributed by atoms with Gasteiger partial charge in [0.1, 0.15) is 0 Å². The van der Waals surface area contributed by atoms with Crippen LogP contribution >= 0.6 is 11.3 Å². The fourth-order valence-corrected chi connectivity index (χ4v) is 10.6. The van der Waals surface area contributed by atoms with Gasteiger partial charge in [-0.05, 0) is 131 Å². The molecule has 0 spiro atoms. The van der Waals surface area contributed by atoms with Crippen LogP contribution in [-0.2, 0) is 0 Å². The zero-order valence-electron chi connectivity index (χ0n) is 33.9. The summed E-state index contributed by atoms with van der Waals surface area (Å²) < 4.78 is 2.61. The summed E-state index contributed by atoms with van der Waals surface area (Å²) in [6.45, 7) is 0. The number of hydrogen-bond donors (Lipinski definition) is 0. The van der Waals surface area contributed by atoms with Crippen molar-refractivity contribution >= 4 is 80.9 Å². The third-order valence-electron chi connectivity index (χ3n) is 12.5. The lowest BCUT2D eigenvalue weighted by molar-refractivity contribution is 1.29. The van der Waals surface area contributed by atoms with E-state index in [4.69, 9.17) is 0 Å². The molecular weight excluding hydrogens is 767 g/mol. The van der Waals surface area contributed by atoms with E-state index in [9.17, 15) is 0 Å². The van der Waals surface area contributed by atoms with Gasteiger partial charge in [0.05, 0.1) is 0 Å². The van der Waals surface area contributed by atoms with Crippen molar-refractivity contribution in [3.05, 3.63) is 237 Å². The van der Waals surface area contributed by atoms with Crippen LogP contribution in [0.3, 0.4) is 0 Å². The minimum Gasteiger partial charge on any atom is -0.310 e. The van der Waals surface area contributed by atoms with Gasteiger partial charge in [-0.15, -0.1) is 11.3 Å². The second-order valence-corrected chi connectivity index (χ2v) is 17.1. The van der Waals surface area contributed by atoms with Gasteiger partial charge in [0.25, 0.3) is 0 Å². The normalized spacial score (nSPS) is 11.5. The molecular formula is C60H39NS. The first kappa shape index (κ1) is 36.1. The molecule has 0 fully saturated rings. The molecule has 0 aliphatic rings. The second kappa shape index (κ2) is 15.0. The Labute approximate surface area is 365 Å². The molecule has 1 nitrogen and oxygen atoms in total. The van der Waals surface area contributed by atoms with Crippen LogP contribution in [0.2, 0.25) is 0 Å². The van der Waals surface area contributed by atoms with E-state index in [0.717, 1.165) is 17.1 Å². The fraction of sp³-hybridized carbons (Fsp3) is 0. The summed E-state index contributed by atoms with van der Waals surface area (Å²) in [5.74, 6) is 0. The summed E-state index contributed by atoms with van der Waals surface area (Å²) in [6, 6.07) is 86.7. The molecule has 11 aromatic carbocycles. The van der Waals surface area contributed by atoms with Crippen molar-refractivity contribution in [1.82, 2.24) is 0 Å². The van der Waals surface area contributed by atoms with Gasteiger partial charge in [0.2, 0.25) is 0 Å². The van der Waals surface area contributed by atoms with Gasteiger partial charge in [-0.25, -0.2) is 0 Å². The van der Waals surface area contributed by atoms with Gasteiger partial charge in [0, 0.05) is 37.2 Å². The highest BCUT2D eigenvalue weighted by Crippen LogP contribution is 2.46. The Hall–Kier alpha value is -7.78. The first-order chi connectivity index (χ1) is 30.7. The topological polar surface area (TPSA) is 3.24 Å². The maximum absolute atomic E-state index is 2.41. The monoisotopic (exact) mass is 805 g/mol. The van der Waals surface area contributed by atoms with E-state index < -0.39 is 0 Å². The maximum atomic E-state index is 2.41. The molecule has 0 unspecified atom stereocenters.